The summed E-state index contributed by atoms with van der Waals surface area (Å²) >= 11 is 6.20. The van der Waals surface area contributed by atoms with Gasteiger partial charge in [-0.05, 0) is 50.5 Å². The molecule has 1 amide bonds. The largest absolute Gasteiger partial charge is 0.475 e. The molecule has 2 heterocycles. The van der Waals surface area contributed by atoms with Gasteiger partial charge in [-0.3, -0.25) is 4.79 Å². The van der Waals surface area contributed by atoms with E-state index in [4.69, 9.17) is 21.1 Å². The Hall–Kier alpha value is -2.11. The van der Waals surface area contributed by atoms with E-state index in [1.54, 1.807) is 18.3 Å². The van der Waals surface area contributed by atoms with E-state index in [0.717, 1.165) is 18.4 Å². The zero-order chi connectivity index (χ0) is 19.3. The van der Waals surface area contributed by atoms with Crippen molar-refractivity contribution in [2.75, 3.05) is 19.8 Å². The van der Waals surface area contributed by atoms with E-state index in [-0.39, 0.29) is 17.4 Å². The predicted molar refractivity (Wildman–Crippen MR) is 106 cm³/mol. The number of rotatable bonds is 6. The minimum atomic E-state index is -0.174. The number of hydrogen-bond donors (Lipinski definition) is 1. The SMILES string of the molecule is CC(C)Oc1ccc(C(=O)NCC2(c3cccc(Cl)c3)CCOCC2)cn1. The highest BCUT2D eigenvalue weighted by molar-refractivity contribution is 6.30. The van der Waals surface area contributed by atoms with Gasteiger partial charge in [-0.2, -0.15) is 0 Å². The molecule has 1 aliphatic rings. The van der Waals surface area contributed by atoms with Crippen molar-refractivity contribution >= 4 is 17.5 Å². The highest BCUT2D eigenvalue weighted by Crippen LogP contribution is 2.35. The van der Waals surface area contributed by atoms with Gasteiger partial charge in [0.1, 0.15) is 0 Å². The van der Waals surface area contributed by atoms with E-state index in [1.807, 2.05) is 32.0 Å². The molecule has 3 rings (SSSR count). The Morgan fingerprint density at radius 2 is 2.07 bits per heavy atom. The van der Waals surface area contributed by atoms with Crippen LogP contribution in [0.15, 0.2) is 42.6 Å². The molecule has 144 valence electrons. The summed E-state index contributed by atoms with van der Waals surface area (Å²) in [5.41, 5.74) is 1.48. The summed E-state index contributed by atoms with van der Waals surface area (Å²) in [4.78, 5) is 16.8. The zero-order valence-corrected chi connectivity index (χ0v) is 16.5. The van der Waals surface area contributed by atoms with Crippen LogP contribution in [-0.2, 0) is 10.2 Å². The van der Waals surface area contributed by atoms with E-state index < -0.39 is 0 Å². The molecule has 0 saturated carbocycles. The van der Waals surface area contributed by atoms with Crippen LogP contribution in [-0.4, -0.2) is 36.8 Å². The lowest BCUT2D eigenvalue weighted by Gasteiger charge is -2.38. The smallest absolute Gasteiger partial charge is 0.252 e. The number of nitrogens with zero attached hydrogens (tertiary/aromatic N) is 1. The van der Waals surface area contributed by atoms with Gasteiger partial charge < -0.3 is 14.8 Å². The Morgan fingerprint density at radius 3 is 2.70 bits per heavy atom. The van der Waals surface area contributed by atoms with Crippen LogP contribution in [0.5, 0.6) is 5.88 Å². The minimum Gasteiger partial charge on any atom is -0.475 e. The standard InChI is InChI=1S/C21H25ClN2O3/c1-15(2)27-19-7-6-16(13-23-19)20(25)24-14-21(8-10-26-11-9-21)17-4-3-5-18(22)12-17/h3-7,12-13,15H,8-11,14H2,1-2H3,(H,24,25). The summed E-state index contributed by atoms with van der Waals surface area (Å²) < 4.78 is 11.1. The molecule has 1 aromatic carbocycles. The van der Waals surface area contributed by atoms with Gasteiger partial charge in [0.25, 0.3) is 5.91 Å². The number of aromatic nitrogens is 1. The molecule has 0 aliphatic carbocycles. The maximum absolute atomic E-state index is 12.6. The second kappa shape index (κ2) is 8.72. The van der Waals surface area contributed by atoms with Crippen molar-refractivity contribution in [3.05, 3.63) is 58.7 Å². The van der Waals surface area contributed by atoms with Gasteiger partial charge in [-0.15, -0.1) is 0 Å². The Kier molecular flexibility index (Phi) is 6.34. The first kappa shape index (κ1) is 19.6. The molecule has 27 heavy (non-hydrogen) atoms. The van der Waals surface area contributed by atoms with Gasteiger partial charge in [-0.1, -0.05) is 23.7 Å². The Balaban J connectivity index is 1.71. The average molecular weight is 389 g/mol. The Morgan fingerprint density at radius 1 is 1.30 bits per heavy atom. The van der Waals surface area contributed by atoms with E-state index in [1.165, 1.54) is 0 Å². The van der Waals surface area contributed by atoms with Crippen molar-refractivity contribution in [1.82, 2.24) is 10.3 Å². The third-order valence-electron chi connectivity index (χ3n) is 4.83. The highest BCUT2D eigenvalue weighted by Gasteiger charge is 2.35. The highest BCUT2D eigenvalue weighted by atomic mass is 35.5. The van der Waals surface area contributed by atoms with Gasteiger partial charge >= 0.3 is 0 Å². The molecular formula is C21H25ClN2O3. The lowest BCUT2D eigenvalue weighted by molar-refractivity contribution is 0.0487. The van der Waals surface area contributed by atoms with E-state index >= 15 is 0 Å². The fraction of sp³-hybridized carbons (Fsp3) is 0.429. The number of halogens is 1. The fourth-order valence-corrected chi connectivity index (χ4v) is 3.52. The summed E-state index contributed by atoms with van der Waals surface area (Å²) in [5.74, 6) is 0.368. The van der Waals surface area contributed by atoms with Gasteiger partial charge in [0.2, 0.25) is 5.88 Å². The van der Waals surface area contributed by atoms with E-state index in [0.29, 0.717) is 36.2 Å². The maximum Gasteiger partial charge on any atom is 0.252 e. The predicted octanol–water partition coefficient (Wildman–Crippen LogP) is 4.00. The third-order valence-corrected chi connectivity index (χ3v) is 5.06. The van der Waals surface area contributed by atoms with Gasteiger partial charge in [0.15, 0.2) is 0 Å². The number of hydrogen-bond acceptors (Lipinski definition) is 4. The molecule has 0 radical (unpaired) electrons. The number of nitrogens with one attached hydrogen (secondary N) is 1. The van der Waals surface area contributed by atoms with Crippen molar-refractivity contribution in [2.45, 2.75) is 38.2 Å². The van der Waals surface area contributed by atoms with Crippen LogP contribution in [0, 0.1) is 0 Å². The topological polar surface area (TPSA) is 60.5 Å². The number of carbonyl (C=O) groups is 1. The number of ether oxygens (including phenoxy) is 2. The Labute approximate surface area is 165 Å². The van der Waals surface area contributed by atoms with Crippen LogP contribution in [0.3, 0.4) is 0 Å². The second-order valence-corrected chi connectivity index (χ2v) is 7.57. The molecule has 1 N–H and O–H groups in total. The first-order valence-electron chi connectivity index (χ1n) is 9.23. The van der Waals surface area contributed by atoms with Crippen molar-refractivity contribution < 1.29 is 14.3 Å². The number of amides is 1. The lowest BCUT2D eigenvalue weighted by Crippen LogP contribution is -2.44. The van der Waals surface area contributed by atoms with E-state index in [9.17, 15) is 4.79 Å². The first-order chi connectivity index (χ1) is 13.0. The number of benzene rings is 1. The molecule has 0 spiro atoms. The van der Waals surface area contributed by atoms with Crippen LogP contribution in [0.2, 0.25) is 5.02 Å². The molecule has 0 unspecified atom stereocenters. The van der Waals surface area contributed by atoms with Crippen molar-refractivity contribution in [2.24, 2.45) is 0 Å². The van der Waals surface area contributed by atoms with Crippen molar-refractivity contribution in [3.8, 4) is 5.88 Å². The molecule has 1 fully saturated rings. The number of carbonyl (C=O) groups excluding carboxylic acids is 1. The summed E-state index contributed by atoms with van der Waals surface area (Å²) in [6, 6.07) is 11.3. The average Bonchev–Trinajstić information content (AvgIpc) is 2.67. The monoisotopic (exact) mass is 388 g/mol. The van der Waals surface area contributed by atoms with Crippen LogP contribution in [0.25, 0.3) is 0 Å². The third kappa shape index (κ3) is 4.99. The molecule has 1 aromatic heterocycles. The van der Waals surface area contributed by atoms with Crippen LogP contribution in [0.1, 0.15) is 42.6 Å². The molecule has 2 aromatic rings. The zero-order valence-electron chi connectivity index (χ0n) is 15.7. The molecule has 5 nitrogen and oxygen atoms in total. The molecule has 1 aliphatic heterocycles. The van der Waals surface area contributed by atoms with Crippen LogP contribution < -0.4 is 10.1 Å². The molecule has 0 bridgehead atoms. The fourth-order valence-electron chi connectivity index (χ4n) is 3.33. The van der Waals surface area contributed by atoms with Crippen molar-refractivity contribution in [1.29, 1.82) is 0 Å². The summed E-state index contributed by atoms with van der Waals surface area (Å²) in [6.45, 7) is 5.74. The molecule has 6 heteroatoms. The minimum absolute atomic E-state index is 0.0447. The normalized spacial score (nSPS) is 16.1. The Bertz CT molecular complexity index is 771. The van der Waals surface area contributed by atoms with E-state index in [2.05, 4.69) is 16.4 Å². The lowest BCUT2D eigenvalue weighted by atomic mass is 9.74. The summed E-state index contributed by atoms with van der Waals surface area (Å²) in [6.07, 6.45) is 3.27. The van der Waals surface area contributed by atoms with Crippen LogP contribution in [0.4, 0.5) is 0 Å². The van der Waals surface area contributed by atoms with Crippen molar-refractivity contribution in [3.63, 3.8) is 0 Å². The summed E-state index contributed by atoms with van der Waals surface area (Å²) in [5, 5.41) is 3.77. The van der Waals surface area contributed by atoms with Gasteiger partial charge in [0.05, 0.1) is 11.7 Å². The molecule has 1 saturated heterocycles. The summed E-state index contributed by atoms with van der Waals surface area (Å²) in [7, 11) is 0. The quantitative estimate of drug-likeness (QED) is 0.812. The maximum atomic E-state index is 12.6. The first-order valence-corrected chi connectivity index (χ1v) is 9.61. The number of pyridine rings is 1. The molecule has 0 atom stereocenters. The molecular weight excluding hydrogens is 364 g/mol. The van der Waals surface area contributed by atoms with Gasteiger partial charge in [-0.25, -0.2) is 4.98 Å². The van der Waals surface area contributed by atoms with Crippen LogP contribution >= 0.6 is 11.6 Å². The second-order valence-electron chi connectivity index (χ2n) is 7.14. The van der Waals surface area contributed by atoms with Gasteiger partial charge in [0, 0.05) is 42.5 Å².